The van der Waals surface area contributed by atoms with Gasteiger partial charge >= 0.3 is 0 Å². The van der Waals surface area contributed by atoms with E-state index in [2.05, 4.69) is 0 Å². The third kappa shape index (κ3) is 2.44. The average Bonchev–Trinajstić information content (AvgIpc) is 2.56. The Hall–Kier alpha value is -3.15. The molecule has 0 fully saturated rings. The fourth-order valence-electron chi connectivity index (χ4n) is 2.32. The van der Waals surface area contributed by atoms with Gasteiger partial charge < -0.3 is 24.1 Å². The Balaban J connectivity index is 2.27. The minimum atomic E-state index is -0.300. The first-order valence-corrected chi connectivity index (χ1v) is 6.76. The number of phenolic OH excluding ortho intramolecular Hbond substituents is 2. The van der Waals surface area contributed by atoms with E-state index in [1.54, 1.807) is 6.07 Å². The Bertz CT molecular complexity index is 942. The summed E-state index contributed by atoms with van der Waals surface area (Å²) in [4.78, 5) is 12.3. The standard InChI is InChI=1S/C17H14O6/c1-21-13-6-4-10-12(19)8-14(23-17(10)16(13)20)9-3-5-11(18)15(7-9)22-2/h3-8,18,20H,1-2H3. The molecule has 0 atom stereocenters. The lowest BCUT2D eigenvalue weighted by Crippen LogP contribution is -2.01. The fourth-order valence-corrected chi connectivity index (χ4v) is 2.32. The predicted molar refractivity (Wildman–Crippen MR) is 84.4 cm³/mol. The molecule has 118 valence electrons. The second-order valence-electron chi connectivity index (χ2n) is 4.85. The van der Waals surface area contributed by atoms with Gasteiger partial charge in [0.2, 0.25) is 5.75 Å². The molecule has 0 aliphatic heterocycles. The summed E-state index contributed by atoms with van der Waals surface area (Å²) < 4.78 is 15.7. The van der Waals surface area contributed by atoms with Gasteiger partial charge in [0.1, 0.15) is 5.76 Å². The van der Waals surface area contributed by atoms with E-state index in [9.17, 15) is 15.0 Å². The highest BCUT2D eigenvalue weighted by molar-refractivity contribution is 5.86. The molecule has 1 heterocycles. The molecule has 2 aromatic carbocycles. The lowest BCUT2D eigenvalue weighted by Gasteiger charge is -2.09. The number of hydrogen-bond donors (Lipinski definition) is 2. The Labute approximate surface area is 131 Å². The molecule has 0 aliphatic rings. The van der Waals surface area contributed by atoms with Gasteiger partial charge in [0.25, 0.3) is 0 Å². The van der Waals surface area contributed by atoms with Gasteiger partial charge in [0, 0.05) is 11.6 Å². The number of rotatable bonds is 3. The van der Waals surface area contributed by atoms with Crippen molar-refractivity contribution in [2.45, 2.75) is 0 Å². The van der Waals surface area contributed by atoms with Crippen molar-refractivity contribution in [3.05, 3.63) is 46.6 Å². The van der Waals surface area contributed by atoms with Crippen LogP contribution in [0.25, 0.3) is 22.3 Å². The molecule has 0 radical (unpaired) electrons. The Morgan fingerprint density at radius 3 is 2.39 bits per heavy atom. The first-order valence-electron chi connectivity index (χ1n) is 6.76. The number of phenols is 2. The third-order valence-corrected chi connectivity index (χ3v) is 3.52. The van der Waals surface area contributed by atoms with E-state index in [-0.39, 0.29) is 45.2 Å². The zero-order valence-corrected chi connectivity index (χ0v) is 12.5. The predicted octanol–water partition coefficient (Wildman–Crippen LogP) is 2.89. The second kappa shape index (κ2) is 5.57. The summed E-state index contributed by atoms with van der Waals surface area (Å²) in [5.74, 6) is 0.434. The van der Waals surface area contributed by atoms with Crippen LogP contribution in [-0.2, 0) is 0 Å². The van der Waals surface area contributed by atoms with Crippen molar-refractivity contribution < 1.29 is 24.1 Å². The summed E-state index contributed by atoms with van der Waals surface area (Å²) in [6, 6.07) is 8.90. The van der Waals surface area contributed by atoms with Crippen LogP contribution in [0.2, 0.25) is 0 Å². The maximum atomic E-state index is 12.3. The van der Waals surface area contributed by atoms with Crippen molar-refractivity contribution in [1.82, 2.24) is 0 Å². The smallest absolute Gasteiger partial charge is 0.202 e. The van der Waals surface area contributed by atoms with E-state index in [0.717, 1.165) is 0 Å². The lowest BCUT2D eigenvalue weighted by molar-refractivity contribution is 0.371. The van der Waals surface area contributed by atoms with Gasteiger partial charge in [-0.25, -0.2) is 0 Å². The lowest BCUT2D eigenvalue weighted by atomic mass is 10.1. The van der Waals surface area contributed by atoms with E-state index in [1.165, 1.54) is 44.6 Å². The molecule has 0 bridgehead atoms. The van der Waals surface area contributed by atoms with Crippen LogP contribution in [0.15, 0.2) is 45.6 Å². The summed E-state index contributed by atoms with van der Waals surface area (Å²) in [5, 5.41) is 20.1. The van der Waals surface area contributed by atoms with Gasteiger partial charge in [-0.2, -0.15) is 0 Å². The molecule has 0 spiro atoms. The van der Waals surface area contributed by atoms with E-state index in [1.807, 2.05) is 0 Å². The van der Waals surface area contributed by atoms with Crippen molar-refractivity contribution in [1.29, 1.82) is 0 Å². The molecule has 0 aliphatic carbocycles. The van der Waals surface area contributed by atoms with Crippen LogP contribution in [0, 0.1) is 0 Å². The summed E-state index contributed by atoms with van der Waals surface area (Å²) in [7, 11) is 2.83. The first kappa shape index (κ1) is 14.8. The molecule has 6 heteroatoms. The van der Waals surface area contributed by atoms with Crippen LogP contribution in [0.3, 0.4) is 0 Å². The monoisotopic (exact) mass is 314 g/mol. The van der Waals surface area contributed by atoms with Gasteiger partial charge in [-0.05, 0) is 30.3 Å². The zero-order chi connectivity index (χ0) is 16.6. The van der Waals surface area contributed by atoms with Gasteiger partial charge in [-0.3, -0.25) is 4.79 Å². The molecule has 2 N–H and O–H groups in total. The van der Waals surface area contributed by atoms with Crippen molar-refractivity contribution >= 4 is 11.0 Å². The number of benzene rings is 2. The number of fused-ring (bicyclic) bond motifs is 1. The van der Waals surface area contributed by atoms with Crippen molar-refractivity contribution in [2.75, 3.05) is 14.2 Å². The number of hydrogen-bond acceptors (Lipinski definition) is 6. The van der Waals surface area contributed by atoms with Gasteiger partial charge in [0.05, 0.1) is 19.6 Å². The minimum absolute atomic E-state index is 0.0242. The second-order valence-corrected chi connectivity index (χ2v) is 4.85. The number of ether oxygens (including phenoxy) is 2. The van der Waals surface area contributed by atoms with Crippen molar-refractivity contribution in [3.63, 3.8) is 0 Å². The third-order valence-electron chi connectivity index (χ3n) is 3.52. The van der Waals surface area contributed by atoms with Crippen molar-refractivity contribution in [2.24, 2.45) is 0 Å². The molecular weight excluding hydrogens is 300 g/mol. The summed E-state index contributed by atoms with van der Waals surface area (Å²) in [6.45, 7) is 0. The molecule has 3 rings (SSSR count). The molecule has 6 nitrogen and oxygen atoms in total. The summed E-state index contributed by atoms with van der Waals surface area (Å²) >= 11 is 0. The quantitative estimate of drug-likeness (QED) is 0.772. The Morgan fingerprint density at radius 1 is 0.957 bits per heavy atom. The van der Waals surface area contributed by atoms with E-state index in [4.69, 9.17) is 13.9 Å². The average molecular weight is 314 g/mol. The maximum absolute atomic E-state index is 12.3. The highest BCUT2D eigenvalue weighted by Crippen LogP contribution is 2.36. The van der Waals surface area contributed by atoms with Crippen molar-refractivity contribution in [3.8, 4) is 34.3 Å². The van der Waals surface area contributed by atoms with Crippen LogP contribution in [-0.4, -0.2) is 24.4 Å². The van der Waals surface area contributed by atoms with Crippen LogP contribution in [0.5, 0.6) is 23.0 Å². The molecule has 0 saturated heterocycles. The molecule has 3 aromatic rings. The summed E-state index contributed by atoms with van der Waals surface area (Å²) in [5.41, 5.74) is 0.269. The molecule has 0 unspecified atom stereocenters. The zero-order valence-electron chi connectivity index (χ0n) is 12.5. The SMILES string of the molecule is COc1cc(-c2cc(=O)c3ccc(OC)c(O)c3o2)ccc1O. The van der Waals surface area contributed by atoms with Crippen LogP contribution >= 0.6 is 0 Å². The maximum Gasteiger partial charge on any atom is 0.202 e. The van der Waals surface area contributed by atoms with E-state index < -0.39 is 0 Å². The topological polar surface area (TPSA) is 89.1 Å². The first-order chi connectivity index (χ1) is 11.0. The van der Waals surface area contributed by atoms with E-state index in [0.29, 0.717) is 5.56 Å². The highest BCUT2D eigenvalue weighted by Gasteiger charge is 2.15. The van der Waals surface area contributed by atoms with Crippen LogP contribution in [0.4, 0.5) is 0 Å². The normalized spacial score (nSPS) is 10.7. The summed E-state index contributed by atoms with van der Waals surface area (Å²) in [6.07, 6.45) is 0. The molecule has 0 saturated carbocycles. The molecule has 23 heavy (non-hydrogen) atoms. The minimum Gasteiger partial charge on any atom is -0.504 e. The Kier molecular flexibility index (Phi) is 3.57. The largest absolute Gasteiger partial charge is 0.504 e. The van der Waals surface area contributed by atoms with Gasteiger partial charge in [-0.1, -0.05) is 0 Å². The van der Waals surface area contributed by atoms with Crippen LogP contribution < -0.4 is 14.9 Å². The van der Waals surface area contributed by atoms with E-state index >= 15 is 0 Å². The Morgan fingerprint density at radius 2 is 1.70 bits per heavy atom. The van der Waals surface area contributed by atoms with Gasteiger partial charge in [0.15, 0.2) is 28.3 Å². The fraction of sp³-hybridized carbons (Fsp3) is 0.118. The molecular formula is C17H14O6. The number of aromatic hydroxyl groups is 2. The van der Waals surface area contributed by atoms with Gasteiger partial charge in [-0.15, -0.1) is 0 Å². The molecule has 1 aromatic heterocycles. The van der Waals surface area contributed by atoms with Crippen LogP contribution in [0.1, 0.15) is 0 Å². The number of methoxy groups -OCH3 is 2. The highest BCUT2D eigenvalue weighted by atomic mass is 16.5. The molecule has 0 amide bonds.